The van der Waals surface area contributed by atoms with Gasteiger partial charge in [0.2, 0.25) is 10.0 Å². The summed E-state index contributed by atoms with van der Waals surface area (Å²) < 4.78 is 33.7. The van der Waals surface area contributed by atoms with E-state index in [1.165, 1.54) is 12.1 Å². The molecule has 1 fully saturated rings. The fourth-order valence-electron chi connectivity index (χ4n) is 4.11. The van der Waals surface area contributed by atoms with Gasteiger partial charge in [0, 0.05) is 17.5 Å². The second kappa shape index (κ2) is 10.3. The summed E-state index contributed by atoms with van der Waals surface area (Å²) in [6.45, 7) is 1.39. The van der Waals surface area contributed by atoms with Crippen molar-refractivity contribution in [2.75, 3.05) is 19.7 Å². The molecule has 0 spiro atoms. The summed E-state index contributed by atoms with van der Waals surface area (Å²) in [5.41, 5.74) is 1.21. The number of hydroxylamine groups is 2. The fourth-order valence-corrected chi connectivity index (χ4v) is 5.15. The van der Waals surface area contributed by atoms with Crippen LogP contribution < -0.4 is 4.72 Å². The van der Waals surface area contributed by atoms with E-state index in [9.17, 15) is 23.5 Å². The van der Waals surface area contributed by atoms with Crippen molar-refractivity contribution in [3.8, 4) is 11.1 Å². The number of aliphatic hydroxyl groups excluding tert-OH is 1. The van der Waals surface area contributed by atoms with Gasteiger partial charge in [0.1, 0.15) is 0 Å². The van der Waals surface area contributed by atoms with Gasteiger partial charge >= 0.3 is 0 Å². The van der Waals surface area contributed by atoms with E-state index in [0.717, 1.165) is 11.1 Å². The predicted molar refractivity (Wildman–Crippen MR) is 130 cm³/mol. The maximum Gasteiger partial charge on any atom is 0.277 e. The molecule has 0 unspecified atom stereocenters. The summed E-state index contributed by atoms with van der Waals surface area (Å²) in [5.74, 6) is -0.595. The van der Waals surface area contributed by atoms with Gasteiger partial charge in [-0.3, -0.25) is 10.0 Å². The molecule has 0 bridgehead atoms. The molecule has 3 atom stereocenters. The summed E-state index contributed by atoms with van der Waals surface area (Å²) in [6, 6.07) is 24.5. The Labute approximate surface area is 204 Å². The Morgan fingerprint density at radius 1 is 1.00 bits per heavy atom. The zero-order chi connectivity index (χ0) is 25.1. The minimum Gasteiger partial charge on any atom is -0.390 e. The number of sulfonamides is 1. The number of carbonyl (C=O) groups is 1. The van der Waals surface area contributed by atoms with Gasteiger partial charge in [-0.05, 0) is 35.4 Å². The second-order valence-electron chi connectivity index (χ2n) is 8.92. The molecule has 184 valence electrons. The molecule has 1 heterocycles. The minimum absolute atomic E-state index is 0.0471. The van der Waals surface area contributed by atoms with Crippen LogP contribution in [0.25, 0.3) is 11.1 Å². The van der Waals surface area contributed by atoms with Crippen LogP contribution in [-0.4, -0.2) is 61.6 Å². The van der Waals surface area contributed by atoms with Crippen molar-refractivity contribution in [2.24, 2.45) is 5.41 Å². The van der Waals surface area contributed by atoms with Crippen molar-refractivity contribution in [3.05, 3.63) is 90.5 Å². The first-order chi connectivity index (χ1) is 16.7. The van der Waals surface area contributed by atoms with Gasteiger partial charge in [0.25, 0.3) is 5.91 Å². The summed E-state index contributed by atoms with van der Waals surface area (Å²) in [4.78, 5) is 12.6. The highest BCUT2D eigenvalue weighted by molar-refractivity contribution is 7.89. The Bertz CT molecular complexity index is 1250. The lowest BCUT2D eigenvalue weighted by atomic mass is 9.84. The van der Waals surface area contributed by atoms with Crippen molar-refractivity contribution >= 4 is 15.9 Å². The van der Waals surface area contributed by atoms with E-state index in [-0.39, 0.29) is 24.6 Å². The quantitative estimate of drug-likeness (QED) is 0.326. The molecule has 0 saturated carbocycles. The zero-order valence-electron chi connectivity index (χ0n) is 19.2. The Hall–Kier alpha value is -3.08. The number of hydrogen-bond acceptors (Lipinski definition) is 6. The van der Waals surface area contributed by atoms with Crippen LogP contribution in [0.4, 0.5) is 0 Å². The lowest BCUT2D eigenvalue weighted by Gasteiger charge is -2.31. The molecule has 8 nitrogen and oxygen atoms in total. The van der Waals surface area contributed by atoms with Crippen molar-refractivity contribution in [2.45, 2.75) is 24.0 Å². The van der Waals surface area contributed by atoms with Crippen LogP contribution in [-0.2, 0) is 14.8 Å². The molecule has 1 aliphatic heterocycles. The van der Waals surface area contributed by atoms with E-state index in [0.29, 0.717) is 10.6 Å². The Kier molecular flexibility index (Phi) is 7.34. The molecule has 9 heteroatoms. The molecule has 3 aromatic carbocycles. The molecule has 3 N–H and O–H groups in total. The van der Waals surface area contributed by atoms with Gasteiger partial charge in [0.15, 0.2) is 0 Å². The molecular weight excluding hydrogens is 468 g/mol. The van der Waals surface area contributed by atoms with Gasteiger partial charge < -0.3 is 9.84 Å². The van der Waals surface area contributed by atoms with Crippen LogP contribution in [0, 0.1) is 5.41 Å². The number of rotatable bonds is 8. The second-order valence-corrected chi connectivity index (χ2v) is 10.7. The van der Waals surface area contributed by atoms with E-state index in [1.807, 2.05) is 30.3 Å². The highest BCUT2D eigenvalue weighted by Gasteiger charge is 2.47. The SMILES string of the molecule is C[C@@]1(CN(O)C(=O)c2ccccc2)CO[C@H](CNS(=O)(=O)c2ccc(-c3ccccc3)cc2)[C@H]1O. The van der Waals surface area contributed by atoms with Gasteiger partial charge in [-0.25, -0.2) is 18.2 Å². The molecule has 1 amide bonds. The molecule has 0 aromatic heterocycles. The maximum absolute atomic E-state index is 12.8. The standard InChI is InChI=1S/C26H28N2O6S/c1-26(17-28(31)25(30)21-10-6-3-7-11-21)18-34-23(24(26)29)16-27-35(32,33)22-14-12-20(13-15-22)19-8-4-2-5-9-19/h2-15,23-24,27,29,31H,16-18H2,1H3/t23-,24-,26-/m1/s1. The number of hydrogen-bond donors (Lipinski definition) is 3. The lowest BCUT2D eigenvalue weighted by Crippen LogP contribution is -2.47. The van der Waals surface area contributed by atoms with Crippen molar-refractivity contribution in [3.63, 3.8) is 0 Å². The van der Waals surface area contributed by atoms with Crippen molar-refractivity contribution < 1.29 is 28.3 Å². The van der Waals surface area contributed by atoms with Crippen LogP contribution in [0.2, 0.25) is 0 Å². The van der Waals surface area contributed by atoms with Crippen LogP contribution in [0.1, 0.15) is 17.3 Å². The summed E-state index contributed by atoms with van der Waals surface area (Å²) in [6.07, 6.45) is -1.94. The fraction of sp³-hybridized carbons (Fsp3) is 0.269. The third kappa shape index (κ3) is 5.61. The van der Waals surface area contributed by atoms with Gasteiger partial charge in [-0.1, -0.05) is 67.6 Å². The maximum atomic E-state index is 12.8. The number of aliphatic hydroxyl groups is 1. The summed E-state index contributed by atoms with van der Waals surface area (Å²) in [5, 5.41) is 21.7. The molecule has 1 aliphatic rings. The van der Waals surface area contributed by atoms with Gasteiger partial charge in [0.05, 0.1) is 30.3 Å². The first-order valence-electron chi connectivity index (χ1n) is 11.2. The first kappa shape index (κ1) is 25.0. The summed E-state index contributed by atoms with van der Waals surface area (Å²) >= 11 is 0. The van der Waals surface area contributed by atoms with Gasteiger partial charge in [-0.15, -0.1) is 0 Å². The van der Waals surface area contributed by atoms with E-state index in [4.69, 9.17) is 4.74 Å². The Morgan fingerprint density at radius 3 is 2.20 bits per heavy atom. The monoisotopic (exact) mass is 496 g/mol. The third-order valence-electron chi connectivity index (χ3n) is 6.21. The van der Waals surface area contributed by atoms with Crippen LogP contribution in [0.3, 0.4) is 0 Å². The topological polar surface area (TPSA) is 116 Å². The highest BCUT2D eigenvalue weighted by atomic mass is 32.2. The Balaban J connectivity index is 1.36. The lowest BCUT2D eigenvalue weighted by molar-refractivity contribution is -0.0940. The van der Waals surface area contributed by atoms with Crippen molar-refractivity contribution in [1.82, 2.24) is 9.79 Å². The van der Waals surface area contributed by atoms with Crippen LogP contribution in [0.15, 0.2) is 89.8 Å². The van der Waals surface area contributed by atoms with E-state index >= 15 is 0 Å². The first-order valence-corrected chi connectivity index (χ1v) is 12.7. The molecule has 1 saturated heterocycles. The van der Waals surface area contributed by atoms with Crippen LogP contribution >= 0.6 is 0 Å². The highest BCUT2D eigenvalue weighted by Crippen LogP contribution is 2.34. The zero-order valence-corrected chi connectivity index (χ0v) is 20.1. The van der Waals surface area contributed by atoms with Crippen molar-refractivity contribution in [1.29, 1.82) is 0 Å². The number of carbonyl (C=O) groups excluding carboxylic acids is 1. The van der Waals surface area contributed by atoms with Gasteiger partial charge in [-0.2, -0.15) is 0 Å². The number of nitrogens with zero attached hydrogens (tertiary/aromatic N) is 1. The number of ether oxygens (including phenoxy) is 1. The Morgan fingerprint density at radius 2 is 1.57 bits per heavy atom. The molecule has 0 radical (unpaired) electrons. The number of benzene rings is 3. The van der Waals surface area contributed by atoms with Crippen LogP contribution in [0.5, 0.6) is 0 Å². The smallest absolute Gasteiger partial charge is 0.277 e. The summed E-state index contributed by atoms with van der Waals surface area (Å²) in [7, 11) is -3.83. The molecule has 4 rings (SSSR count). The molecule has 3 aromatic rings. The third-order valence-corrected chi connectivity index (χ3v) is 7.65. The molecular formula is C26H28N2O6S. The number of nitrogens with one attached hydrogen (secondary N) is 1. The molecule has 0 aliphatic carbocycles. The number of amides is 1. The van der Waals surface area contributed by atoms with E-state index < -0.39 is 33.6 Å². The average Bonchev–Trinajstić information content (AvgIpc) is 3.16. The van der Waals surface area contributed by atoms with E-state index in [2.05, 4.69) is 4.72 Å². The van der Waals surface area contributed by atoms with E-state index in [1.54, 1.807) is 49.4 Å². The predicted octanol–water partition coefficient (Wildman–Crippen LogP) is 2.93. The minimum atomic E-state index is -3.83. The largest absolute Gasteiger partial charge is 0.390 e. The normalized spacial score (nSPS) is 22.1. The average molecular weight is 497 g/mol. The molecule has 35 heavy (non-hydrogen) atoms.